The molecule has 0 heterocycles. The summed E-state index contributed by atoms with van der Waals surface area (Å²) >= 11 is -0.346. The molecular formula is C38H42Cl2N2O2P2RuS+4. The van der Waals surface area contributed by atoms with Gasteiger partial charge in [-0.1, -0.05) is 121 Å². The Bertz CT molecular complexity index is 1910. The van der Waals surface area contributed by atoms with Crippen LogP contribution in [0.2, 0.25) is 0 Å². The third kappa shape index (κ3) is 9.11. The van der Waals surface area contributed by atoms with Crippen molar-refractivity contribution < 1.29 is 23.6 Å². The first-order valence-corrected chi connectivity index (χ1v) is 26.3. The van der Waals surface area contributed by atoms with Crippen molar-refractivity contribution in [2.24, 2.45) is 11.5 Å². The van der Waals surface area contributed by atoms with E-state index >= 15 is 0 Å². The van der Waals surface area contributed by atoms with Crippen LogP contribution in [0, 0.1) is 0 Å². The molecule has 250 valence electrons. The Morgan fingerprint density at radius 1 is 0.521 bits per heavy atom. The number of nitrogens with two attached hydrogens (primary N) is 2. The van der Waals surface area contributed by atoms with Crippen LogP contribution in [0.25, 0.3) is 21.5 Å². The van der Waals surface area contributed by atoms with Crippen molar-refractivity contribution in [3.8, 4) is 0 Å². The summed E-state index contributed by atoms with van der Waals surface area (Å²) in [5, 5.41) is 5.56. The molecule has 0 saturated heterocycles. The van der Waals surface area contributed by atoms with Gasteiger partial charge in [0, 0.05) is 38.7 Å². The van der Waals surface area contributed by atoms with Crippen LogP contribution in [-0.2, 0) is 25.0 Å². The van der Waals surface area contributed by atoms with E-state index in [0.717, 1.165) is 43.3 Å². The molecule has 48 heavy (non-hydrogen) atoms. The SMILES string of the molecule is C[PH+](C)c1ccc2ccccc2c1S(=O)(=O)c1c([PH+](C)C)ccc2ccccc12.NC(c1ccccc1)C(N)c1ccccc1.[Cl][Ru+2][Cl]. The van der Waals surface area contributed by atoms with Crippen molar-refractivity contribution in [3.05, 3.63) is 145 Å². The maximum absolute atomic E-state index is 14.3. The summed E-state index contributed by atoms with van der Waals surface area (Å²) in [7, 11) is 4.06. The van der Waals surface area contributed by atoms with Crippen LogP contribution in [0.1, 0.15) is 23.2 Å². The first-order chi connectivity index (χ1) is 23.0. The van der Waals surface area contributed by atoms with Crippen molar-refractivity contribution in [3.63, 3.8) is 0 Å². The number of hydrogen-bond donors (Lipinski definition) is 2. The molecule has 4 nitrogen and oxygen atoms in total. The molecule has 2 unspecified atom stereocenters. The summed E-state index contributed by atoms with van der Waals surface area (Å²) in [6.07, 6.45) is 0. The van der Waals surface area contributed by atoms with Crippen LogP contribution < -0.4 is 22.1 Å². The summed E-state index contributed by atoms with van der Waals surface area (Å²) in [4.78, 5) is 1.02. The Morgan fingerprint density at radius 2 is 0.833 bits per heavy atom. The first-order valence-electron chi connectivity index (χ1n) is 15.4. The van der Waals surface area contributed by atoms with Crippen molar-refractivity contribution in [1.82, 2.24) is 0 Å². The van der Waals surface area contributed by atoms with Crippen molar-refractivity contribution in [2.45, 2.75) is 21.9 Å². The fourth-order valence-electron chi connectivity index (χ4n) is 5.72. The maximum atomic E-state index is 14.3. The van der Waals surface area contributed by atoms with E-state index in [1.165, 1.54) is 0 Å². The molecule has 0 aliphatic carbocycles. The van der Waals surface area contributed by atoms with Gasteiger partial charge in [-0.2, -0.15) is 0 Å². The zero-order valence-corrected chi connectivity index (χ0v) is 33.4. The average molecular weight is 825 g/mol. The molecule has 6 aromatic rings. The van der Waals surface area contributed by atoms with Gasteiger partial charge in [0.25, 0.3) is 0 Å². The quantitative estimate of drug-likeness (QED) is 0.125. The Labute approximate surface area is 303 Å². The number of rotatable bonds is 7. The predicted molar refractivity (Wildman–Crippen MR) is 211 cm³/mol. The molecule has 0 amide bonds. The van der Waals surface area contributed by atoms with Gasteiger partial charge in [0.05, 0.1) is 26.7 Å². The van der Waals surface area contributed by atoms with Gasteiger partial charge in [0.1, 0.15) is 20.4 Å². The third-order valence-corrected chi connectivity index (χ3v) is 13.4. The summed E-state index contributed by atoms with van der Waals surface area (Å²) in [5.41, 5.74) is 14.4. The molecule has 0 radical (unpaired) electrons. The Balaban J connectivity index is 0.000000231. The van der Waals surface area contributed by atoms with Crippen LogP contribution in [0.4, 0.5) is 0 Å². The molecular weight excluding hydrogens is 782 g/mol. The second-order valence-electron chi connectivity index (χ2n) is 11.8. The van der Waals surface area contributed by atoms with Crippen LogP contribution in [0.5, 0.6) is 0 Å². The van der Waals surface area contributed by atoms with Crippen LogP contribution in [-0.4, -0.2) is 35.1 Å². The van der Waals surface area contributed by atoms with Crippen molar-refractivity contribution in [1.29, 1.82) is 0 Å². The number of hydrogen-bond acceptors (Lipinski definition) is 4. The van der Waals surface area contributed by atoms with E-state index in [2.05, 4.69) is 38.8 Å². The molecule has 6 rings (SSSR count). The summed E-state index contributed by atoms with van der Waals surface area (Å²) in [6.45, 7) is 8.64. The van der Waals surface area contributed by atoms with Gasteiger partial charge < -0.3 is 11.5 Å². The molecule has 0 saturated carbocycles. The minimum absolute atomic E-state index is 0.163. The Kier molecular flexibility index (Phi) is 14.6. The van der Waals surface area contributed by atoms with Gasteiger partial charge >= 0.3 is 34.5 Å². The molecule has 0 fully saturated rings. The van der Waals surface area contributed by atoms with Gasteiger partial charge in [-0.3, -0.25) is 0 Å². The predicted octanol–water partition coefficient (Wildman–Crippen LogP) is 8.79. The van der Waals surface area contributed by atoms with Gasteiger partial charge in [-0.05, 0) is 34.0 Å². The fraction of sp³-hybridized carbons (Fsp3) is 0.158. The van der Waals surface area contributed by atoms with Gasteiger partial charge in [-0.25, -0.2) is 8.42 Å². The minimum atomic E-state index is -3.69. The normalized spacial score (nSPS) is 12.6. The molecule has 10 heteroatoms. The number of halogens is 2. The van der Waals surface area contributed by atoms with E-state index in [1.54, 1.807) is 0 Å². The monoisotopic (exact) mass is 824 g/mol. The van der Waals surface area contributed by atoms with E-state index in [-0.39, 0.29) is 27.2 Å². The molecule has 2 atom stereocenters. The number of benzene rings is 6. The van der Waals surface area contributed by atoms with Crippen LogP contribution in [0.3, 0.4) is 0 Å². The number of sulfone groups is 1. The molecule has 0 bridgehead atoms. The zero-order valence-electron chi connectivity index (χ0n) is 27.3. The molecule has 0 aliphatic heterocycles. The topological polar surface area (TPSA) is 86.2 Å². The molecule has 0 aliphatic rings. The molecule has 0 aromatic heterocycles. The number of fused-ring (bicyclic) bond motifs is 2. The summed E-state index contributed by atoms with van der Waals surface area (Å²) < 4.78 is 28.7. The van der Waals surface area contributed by atoms with Gasteiger partial charge in [-0.15, -0.1) is 0 Å². The zero-order chi connectivity index (χ0) is 34.8. The molecule has 6 aromatic carbocycles. The molecule has 4 N–H and O–H groups in total. The van der Waals surface area contributed by atoms with E-state index in [1.807, 2.05) is 121 Å². The standard InChI is InChI=1S/C24H24O2P2S.C14H16N2.2ClH.Ru/c1-27(2)21-15-13-17-9-5-7-11-19(17)23(21)29(25,26)24-20-12-8-6-10-18(20)14-16-22(24)28(3)4;15-13(11-7-3-1-4-8-11)14(16)12-9-5-2-6-10-12;;;/h5-16H,1-4H3;1-10,13-14H,15-16H2;2*1H;/q;;;;+4. The third-order valence-electron chi connectivity index (χ3n) is 8.13. The van der Waals surface area contributed by atoms with E-state index < -0.39 is 25.7 Å². The average Bonchev–Trinajstić information content (AvgIpc) is 3.11. The van der Waals surface area contributed by atoms with Crippen LogP contribution in [0.15, 0.2) is 143 Å². The van der Waals surface area contributed by atoms with Gasteiger partial charge in [0.2, 0.25) is 9.84 Å². The first kappa shape index (κ1) is 38.6. The summed E-state index contributed by atoms with van der Waals surface area (Å²) in [5.74, 6) is 0. The van der Waals surface area contributed by atoms with Gasteiger partial charge in [0.15, 0.2) is 0 Å². The van der Waals surface area contributed by atoms with E-state index in [0.29, 0.717) is 9.79 Å². The second kappa shape index (κ2) is 18.1. The fourth-order valence-corrected chi connectivity index (χ4v) is 11.6. The Hall–Kier alpha value is -2.23. The van der Waals surface area contributed by atoms with E-state index in [9.17, 15) is 8.42 Å². The van der Waals surface area contributed by atoms with E-state index in [4.69, 9.17) is 30.8 Å². The second-order valence-corrected chi connectivity index (χ2v) is 21.3. The van der Waals surface area contributed by atoms with Crippen molar-refractivity contribution in [2.75, 3.05) is 26.7 Å². The molecule has 0 spiro atoms. The van der Waals surface area contributed by atoms with Crippen molar-refractivity contribution >= 4 is 77.2 Å². The Morgan fingerprint density at radius 3 is 1.17 bits per heavy atom. The summed E-state index contributed by atoms with van der Waals surface area (Å²) in [6, 6.07) is 43.4. The van der Waals surface area contributed by atoms with Crippen LogP contribution >= 0.6 is 35.2 Å².